The Balaban J connectivity index is 1.87. The Kier molecular flexibility index (Phi) is 5.47. The van der Waals surface area contributed by atoms with Crippen LogP contribution in [0.15, 0.2) is 66.0 Å². The summed E-state index contributed by atoms with van der Waals surface area (Å²) in [5.74, 6) is -0.739. The predicted octanol–water partition coefficient (Wildman–Crippen LogP) is 3.93. The van der Waals surface area contributed by atoms with Gasteiger partial charge in [0.15, 0.2) is 0 Å². The number of anilines is 1. The summed E-state index contributed by atoms with van der Waals surface area (Å²) in [4.78, 5) is 39.6. The summed E-state index contributed by atoms with van der Waals surface area (Å²) in [6, 6.07) is 16.9. The zero-order chi connectivity index (χ0) is 19.4. The third kappa shape index (κ3) is 4.12. The molecule has 2 aromatic carbocycles. The highest BCUT2D eigenvalue weighted by Gasteiger charge is 2.19. The molecule has 136 valence electrons. The second-order valence-electron chi connectivity index (χ2n) is 6.09. The minimum absolute atomic E-state index is 0.153. The lowest BCUT2D eigenvalue weighted by Crippen LogP contribution is -2.22. The second kappa shape index (κ2) is 7.97. The fourth-order valence-corrected chi connectivity index (χ4v) is 3.28. The van der Waals surface area contributed by atoms with E-state index >= 15 is 0 Å². The fraction of sp³-hybridized carbons (Fsp3) is 0.0952. The molecular formula is C21H18N2O3S. The van der Waals surface area contributed by atoms with Gasteiger partial charge < -0.3 is 10.2 Å². The number of thiophene rings is 1. The van der Waals surface area contributed by atoms with E-state index in [1.54, 1.807) is 74.8 Å². The number of carbonyl (C=O) groups excluding carboxylic acids is 3. The van der Waals surface area contributed by atoms with E-state index in [2.05, 4.69) is 5.32 Å². The van der Waals surface area contributed by atoms with Gasteiger partial charge in [0.1, 0.15) is 0 Å². The number of ketones is 1. The number of rotatable bonds is 5. The van der Waals surface area contributed by atoms with Gasteiger partial charge in [0.05, 0.1) is 10.4 Å². The van der Waals surface area contributed by atoms with Crippen LogP contribution in [0.2, 0.25) is 0 Å². The van der Waals surface area contributed by atoms with Crippen LogP contribution in [-0.4, -0.2) is 36.6 Å². The number of hydrogen-bond acceptors (Lipinski definition) is 4. The van der Waals surface area contributed by atoms with Crippen molar-refractivity contribution in [2.45, 2.75) is 0 Å². The molecule has 0 aliphatic carbocycles. The van der Waals surface area contributed by atoms with Crippen LogP contribution >= 0.6 is 11.3 Å². The molecule has 0 aliphatic heterocycles. The van der Waals surface area contributed by atoms with E-state index in [1.165, 1.54) is 16.2 Å². The topological polar surface area (TPSA) is 66.5 Å². The van der Waals surface area contributed by atoms with Crippen molar-refractivity contribution in [1.82, 2.24) is 4.90 Å². The van der Waals surface area contributed by atoms with Crippen LogP contribution in [0.3, 0.4) is 0 Å². The molecule has 0 radical (unpaired) electrons. The van der Waals surface area contributed by atoms with E-state index in [9.17, 15) is 14.4 Å². The highest BCUT2D eigenvalue weighted by Crippen LogP contribution is 2.20. The zero-order valence-corrected chi connectivity index (χ0v) is 15.7. The highest BCUT2D eigenvalue weighted by molar-refractivity contribution is 7.12. The van der Waals surface area contributed by atoms with Gasteiger partial charge in [0, 0.05) is 30.9 Å². The van der Waals surface area contributed by atoms with Gasteiger partial charge in [-0.05, 0) is 35.7 Å². The monoisotopic (exact) mass is 378 g/mol. The van der Waals surface area contributed by atoms with Gasteiger partial charge >= 0.3 is 0 Å². The van der Waals surface area contributed by atoms with Crippen molar-refractivity contribution in [3.8, 4) is 0 Å². The van der Waals surface area contributed by atoms with Gasteiger partial charge in [-0.2, -0.15) is 0 Å². The van der Waals surface area contributed by atoms with Crippen molar-refractivity contribution < 1.29 is 14.4 Å². The van der Waals surface area contributed by atoms with E-state index in [0.29, 0.717) is 27.3 Å². The Morgan fingerprint density at radius 2 is 1.63 bits per heavy atom. The van der Waals surface area contributed by atoms with E-state index in [1.807, 2.05) is 5.38 Å². The molecule has 1 N–H and O–H groups in total. The standard InChI is InChI=1S/C21H18N2O3S/c1-23(2)21(26)14-7-5-8-15(13-14)22-20(25)17-10-4-3-9-16(17)19(24)18-11-6-12-27-18/h3-13H,1-2H3,(H,22,25). The molecule has 3 rings (SSSR count). The maximum Gasteiger partial charge on any atom is 0.256 e. The minimum Gasteiger partial charge on any atom is -0.345 e. The summed E-state index contributed by atoms with van der Waals surface area (Å²) >= 11 is 1.33. The molecule has 3 aromatic rings. The van der Waals surface area contributed by atoms with Crippen LogP contribution in [0.5, 0.6) is 0 Å². The van der Waals surface area contributed by atoms with Gasteiger partial charge in [-0.15, -0.1) is 11.3 Å². The third-order valence-corrected chi connectivity index (χ3v) is 4.80. The summed E-state index contributed by atoms with van der Waals surface area (Å²) in [6.07, 6.45) is 0. The van der Waals surface area contributed by atoms with Gasteiger partial charge in [0.2, 0.25) is 5.78 Å². The van der Waals surface area contributed by atoms with E-state index < -0.39 is 5.91 Å². The highest BCUT2D eigenvalue weighted by atomic mass is 32.1. The molecule has 1 heterocycles. The molecule has 0 saturated carbocycles. The Hall–Kier alpha value is -3.25. The Labute approximate surface area is 161 Å². The first-order chi connectivity index (χ1) is 13.0. The quantitative estimate of drug-likeness (QED) is 0.684. The Morgan fingerprint density at radius 1 is 0.889 bits per heavy atom. The summed E-state index contributed by atoms with van der Waals surface area (Å²) < 4.78 is 0. The number of carbonyl (C=O) groups is 3. The SMILES string of the molecule is CN(C)C(=O)c1cccc(NC(=O)c2ccccc2C(=O)c2cccs2)c1. The third-order valence-electron chi connectivity index (χ3n) is 3.93. The van der Waals surface area contributed by atoms with Crippen LogP contribution in [0.4, 0.5) is 5.69 Å². The molecule has 5 nitrogen and oxygen atoms in total. The van der Waals surface area contributed by atoms with E-state index in [0.717, 1.165) is 0 Å². The van der Waals surface area contributed by atoms with Crippen LogP contribution in [-0.2, 0) is 0 Å². The average Bonchev–Trinajstić information content (AvgIpc) is 3.21. The maximum absolute atomic E-state index is 12.8. The zero-order valence-electron chi connectivity index (χ0n) is 14.9. The van der Waals surface area contributed by atoms with E-state index in [4.69, 9.17) is 0 Å². The molecule has 0 aliphatic rings. The summed E-state index contributed by atoms with van der Waals surface area (Å²) in [6.45, 7) is 0. The summed E-state index contributed by atoms with van der Waals surface area (Å²) in [5.41, 5.74) is 1.60. The molecular weight excluding hydrogens is 360 g/mol. The lowest BCUT2D eigenvalue weighted by atomic mass is 10.0. The average molecular weight is 378 g/mol. The molecule has 0 saturated heterocycles. The molecule has 0 spiro atoms. The van der Waals surface area contributed by atoms with Crippen molar-refractivity contribution in [3.05, 3.63) is 87.6 Å². The lowest BCUT2D eigenvalue weighted by Gasteiger charge is -2.12. The normalized spacial score (nSPS) is 10.3. The van der Waals surface area contributed by atoms with Crippen molar-refractivity contribution >= 4 is 34.6 Å². The Bertz CT molecular complexity index is 994. The molecule has 0 fully saturated rings. The Morgan fingerprint density at radius 3 is 2.30 bits per heavy atom. The molecule has 0 unspecified atom stereocenters. The van der Waals surface area contributed by atoms with Crippen molar-refractivity contribution in [2.24, 2.45) is 0 Å². The van der Waals surface area contributed by atoms with Crippen LogP contribution < -0.4 is 5.32 Å². The molecule has 27 heavy (non-hydrogen) atoms. The number of hydrogen-bond donors (Lipinski definition) is 1. The first kappa shape index (κ1) is 18.5. The predicted molar refractivity (Wildman–Crippen MR) is 107 cm³/mol. The number of nitrogens with one attached hydrogen (secondary N) is 1. The first-order valence-electron chi connectivity index (χ1n) is 8.27. The number of amides is 2. The lowest BCUT2D eigenvalue weighted by molar-refractivity contribution is 0.0827. The number of benzene rings is 2. The van der Waals surface area contributed by atoms with E-state index in [-0.39, 0.29) is 11.7 Å². The summed E-state index contributed by atoms with van der Waals surface area (Å²) in [5, 5.41) is 4.60. The molecule has 0 atom stereocenters. The van der Waals surface area contributed by atoms with Crippen LogP contribution in [0, 0.1) is 0 Å². The van der Waals surface area contributed by atoms with Crippen molar-refractivity contribution in [3.63, 3.8) is 0 Å². The fourth-order valence-electron chi connectivity index (χ4n) is 2.61. The molecule has 0 bridgehead atoms. The summed E-state index contributed by atoms with van der Waals surface area (Å²) in [7, 11) is 3.33. The smallest absolute Gasteiger partial charge is 0.256 e. The molecule has 2 amide bonds. The largest absolute Gasteiger partial charge is 0.345 e. The maximum atomic E-state index is 12.8. The van der Waals surface area contributed by atoms with Gasteiger partial charge in [-0.3, -0.25) is 14.4 Å². The number of nitrogens with zero attached hydrogens (tertiary/aromatic N) is 1. The van der Waals surface area contributed by atoms with Gasteiger partial charge in [-0.1, -0.05) is 30.3 Å². The van der Waals surface area contributed by atoms with Crippen LogP contribution in [0.25, 0.3) is 0 Å². The van der Waals surface area contributed by atoms with Crippen molar-refractivity contribution in [2.75, 3.05) is 19.4 Å². The van der Waals surface area contributed by atoms with Crippen molar-refractivity contribution in [1.29, 1.82) is 0 Å². The van der Waals surface area contributed by atoms with Crippen LogP contribution in [0.1, 0.15) is 36.0 Å². The van der Waals surface area contributed by atoms with Gasteiger partial charge in [-0.25, -0.2) is 0 Å². The van der Waals surface area contributed by atoms with Gasteiger partial charge in [0.25, 0.3) is 11.8 Å². The first-order valence-corrected chi connectivity index (χ1v) is 9.15. The molecule has 1 aromatic heterocycles. The molecule has 6 heteroatoms. The second-order valence-corrected chi connectivity index (χ2v) is 7.03. The minimum atomic E-state index is -0.398.